The summed E-state index contributed by atoms with van der Waals surface area (Å²) in [6.45, 7) is 6.28. The molecule has 0 aromatic heterocycles. The normalized spacial score (nSPS) is 11.7. The van der Waals surface area contributed by atoms with Crippen LogP contribution in [0, 0.1) is 0 Å². The van der Waals surface area contributed by atoms with Crippen LogP contribution in [0.3, 0.4) is 0 Å². The quantitative estimate of drug-likeness (QED) is 0.230. The van der Waals surface area contributed by atoms with Gasteiger partial charge in [-0.25, -0.2) is 0 Å². The Kier molecular flexibility index (Phi) is 7.39. The first-order valence-electron chi connectivity index (χ1n) is 10.6. The van der Waals surface area contributed by atoms with Crippen LogP contribution in [-0.2, 0) is 21.4 Å². The summed E-state index contributed by atoms with van der Waals surface area (Å²) >= 11 is 5.96. The van der Waals surface area contributed by atoms with E-state index in [0.29, 0.717) is 40.5 Å². The Hall–Kier alpha value is -3.38. The van der Waals surface area contributed by atoms with Crippen LogP contribution in [0.25, 0.3) is 11.1 Å². The third-order valence-corrected chi connectivity index (χ3v) is 5.56. The summed E-state index contributed by atoms with van der Waals surface area (Å²) < 4.78 is 4.70. The lowest BCUT2D eigenvalue weighted by atomic mass is 9.84. The van der Waals surface area contributed by atoms with Crippen LogP contribution in [0.5, 0.6) is 5.75 Å². The average molecular weight is 466 g/mol. The Morgan fingerprint density at radius 3 is 2.30 bits per heavy atom. The molecule has 0 bridgehead atoms. The van der Waals surface area contributed by atoms with Gasteiger partial charge in [-0.2, -0.15) is 0 Å². The van der Waals surface area contributed by atoms with Gasteiger partial charge in [0.1, 0.15) is 11.4 Å². The van der Waals surface area contributed by atoms with Crippen LogP contribution >= 0.6 is 11.6 Å². The minimum atomic E-state index is -0.245. The highest BCUT2D eigenvalue weighted by Crippen LogP contribution is 2.42. The summed E-state index contributed by atoms with van der Waals surface area (Å²) in [7, 11) is 1.38. The summed E-state index contributed by atoms with van der Waals surface area (Å²) in [5.41, 5.74) is 10.5. The fraction of sp³-hybridized carbons (Fsp3) is 0.269. The average Bonchev–Trinajstić information content (AvgIpc) is 2.77. The lowest BCUT2D eigenvalue weighted by Crippen LogP contribution is -2.11. The minimum Gasteiger partial charge on any atom is -0.505 e. The van der Waals surface area contributed by atoms with Gasteiger partial charge >= 0.3 is 5.97 Å². The summed E-state index contributed by atoms with van der Waals surface area (Å²) in [6, 6.07) is 16.5. The van der Waals surface area contributed by atoms with Gasteiger partial charge in [0.15, 0.2) is 5.75 Å². The molecular weight excluding hydrogens is 438 g/mol. The zero-order valence-electron chi connectivity index (χ0n) is 19.2. The van der Waals surface area contributed by atoms with Crippen LogP contribution in [0.1, 0.15) is 38.3 Å². The number of nitrogens with zero attached hydrogens (tertiary/aromatic N) is 2. The molecule has 0 saturated carbocycles. The second-order valence-electron chi connectivity index (χ2n) is 8.82. The molecule has 3 aromatic carbocycles. The monoisotopic (exact) mass is 465 g/mol. The molecule has 0 aliphatic carbocycles. The van der Waals surface area contributed by atoms with E-state index in [1.165, 1.54) is 7.11 Å². The van der Waals surface area contributed by atoms with Gasteiger partial charge in [-0.3, -0.25) is 4.79 Å². The third kappa shape index (κ3) is 6.11. The number of rotatable bonds is 6. The number of halogens is 1. The Morgan fingerprint density at radius 2 is 1.70 bits per heavy atom. The van der Waals surface area contributed by atoms with Crippen molar-refractivity contribution in [3.8, 4) is 16.9 Å². The van der Waals surface area contributed by atoms with Gasteiger partial charge in [0.2, 0.25) is 0 Å². The molecule has 0 fully saturated rings. The van der Waals surface area contributed by atoms with E-state index in [1.807, 2.05) is 36.4 Å². The largest absolute Gasteiger partial charge is 0.505 e. The first-order chi connectivity index (χ1) is 15.6. The molecule has 0 unspecified atom stereocenters. The summed E-state index contributed by atoms with van der Waals surface area (Å²) in [5, 5.41) is 20.1. The molecule has 0 radical (unpaired) electrons. The molecule has 172 valence electrons. The van der Waals surface area contributed by atoms with E-state index in [-0.39, 0.29) is 17.1 Å². The van der Waals surface area contributed by atoms with E-state index >= 15 is 0 Å². The third-order valence-electron chi connectivity index (χ3n) is 5.32. The van der Waals surface area contributed by atoms with Crippen molar-refractivity contribution in [2.45, 2.75) is 39.0 Å². The van der Waals surface area contributed by atoms with Gasteiger partial charge in [0, 0.05) is 17.0 Å². The number of benzene rings is 3. The number of anilines is 1. The van der Waals surface area contributed by atoms with Gasteiger partial charge in [-0.05, 0) is 58.9 Å². The number of carbonyl (C=O) groups is 1. The van der Waals surface area contributed by atoms with Gasteiger partial charge in [0.05, 0.1) is 12.8 Å². The van der Waals surface area contributed by atoms with Crippen molar-refractivity contribution in [3.63, 3.8) is 0 Å². The number of carbonyl (C=O) groups excluding carboxylic acids is 1. The number of ether oxygens (including phenoxy) is 1. The molecule has 0 amide bonds. The van der Waals surface area contributed by atoms with Gasteiger partial charge in [-0.15, -0.1) is 10.2 Å². The first kappa shape index (κ1) is 24.3. The van der Waals surface area contributed by atoms with E-state index in [9.17, 15) is 9.90 Å². The maximum absolute atomic E-state index is 11.4. The lowest BCUT2D eigenvalue weighted by Gasteiger charge is -2.21. The molecule has 0 aliphatic heterocycles. The van der Waals surface area contributed by atoms with Crippen LogP contribution in [0.15, 0.2) is 64.8 Å². The maximum Gasteiger partial charge on any atom is 0.305 e. The van der Waals surface area contributed by atoms with Crippen LogP contribution in [-0.4, -0.2) is 18.2 Å². The number of esters is 1. The molecule has 0 heterocycles. The fourth-order valence-electron chi connectivity index (χ4n) is 3.27. The first-order valence-corrected chi connectivity index (χ1v) is 11.0. The number of hydrogen-bond donors (Lipinski definition) is 2. The van der Waals surface area contributed by atoms with Gasteiger partial charge in [-0.1, -0.05) is 56.6 Å². The number of phenolic OH excluding ortho intramolecular Hbond substituents is 1. The molecule has 0 spiro atoms. The molecule has 0 saturated heterocycles. The number of nitrogen functional groups attached to an aromatic ring is 1. The molecule has 3 rings (SSSR count). The maximum atomic E-state index is 11.4. The molecule has 3 aromatic rings. The number of methoxy groups -OCH3 is 1. The van der Waals surface area contributed by atoms with Crippen molar-refractivity contribution in [3.05, 3.63) is 70.7 Å². The number of hydrogen-bond acceptors (Lipinski definition) is 6. The van der Waals surface area contributed by atoms with Crippen molar-refractivity contribution < 1.29 is 14.6 Å². The van der Waals surface area contributed by atoms with Gasteiger partial charge in [0.25, 0.3) is 0 Å². The second kappa shape index (κ2) is 10.0. The van der Waals surface area contributed by atoms with Crippen molar-refractivity contribution >= 4 is 34.6 Å². The number of azo groups is 1. The Labute approximate surface area is 199 Å². The highest BCUT2D eigenvalue weighted by Gasteiger charge is 2.20. The van der Waals surface area contributed by atoms with Crippen LogP contribution < -0.4 is 5.73 Å². The smallest absolute Gasteiger partial charge is 0.305 e. The zero-order chi connectivity index (χ0) is 24.2. The Bertz CT molecular complexity index is 1180. The topological polar surface area (TPSA) is 97.3 Å². The van der Waals surface area contributed by atoms with E-state index in [4.69, 9.17) is 22.1 Å². The van der Waals surface area contributed by atoms with E-state index in [2.05, 4.69) is 31.0 Å². The van der Waals surface area contributed by atoms with Gasteiger partial charge < -0.3 is 15.6 Å². The number of phenols is 1. The van der Waals surface area contributed by atoms with Crippen molar-refractivity contribution in [1.29, 1.82) is 0 Å². The van der Waals surface area contributed by atoms with E-state index < -0.39 is 0 Å². The SMILES string of the molecule is COC(=O)CCc1ccc(-c2cc(C(C)(C)C)cc(N=Nc3ccc(Cl)cc3N)c2O)cc1. The van der Waals surface area contributed by atoms with Crippen molar-refractivity contribution in [1.82, 2.24) is 0 Å². The Morgan fingerprint density at radius 1 is 1.03 bits per heavy atom. The standard InChI is InChI=1S/C26H28ClN3O3/c1-26(2,3)18-13-20(17-8-5-16(6-9-17)7-12-24(31)33-4)25(32)23(14-18)30-29-22-11-10-19(27)15-21(22)28/h5-6,8-11,13-15,32H,7,12,28H2,1-4H3. The predicted octanol–water partition coefficient (Wildman–Crippen LogP) is 7.11. The van der Waals surface area contributed by atoms with E-state index in [1.54, 1.807) is 18.2 Å². The molecule has 6 nitrogen and oxygen atoms in total. The van der Waals surface area contributed by atoms with Crippen LogP contribution in [0.4, 0.5) is 17.1 Å². The number of aromatic hydroxyl groups is 1. The second-order valence-corrected chi connectivity index (χ2v) is 9.25. The molecule has 7 heteroatoms. The highest BCUT2D eigenvalue weighted by atomic mass is 35.5. The summed E-state index contributed by atoms with van der Waals surface area (Å²) in [5.74, 6) is -0.215. The predicted molar refractivity (Wildman–Crippen MR) is 133 cm³/mol. The number of nitrogens with two attached hydrogens (primary N) is 1. The molecule has 0 atom stereocenters. The number of aryl methyl sites for hydroxylation is 1. The molecule has 0 aliphatic rings. The fourth-order valence-corrected chi connectivity index (χ4v) is 3.45. The summed E-state index contributed by atoms with van der Waals surface area (Å²) in [6.07, 6.45) is 0.905. The van der Waals surface area contributed by atoms with E-state index in [0.717, 1.165) is 16.7 Å². The lowest BCUT2D eigenvalue weighted by molar-refractivity contribution is -0.140. The molecule has 3 N–H and O–H groups in total. The highest BCUT2D eigenvalue weighted by molar-refractivity contribution is 6.31. The zero-order valence-corrected chi connectivity index (χ0v) is 20.0. The van der Waals surface area contributed by atoms with Crippen molar-refractivity contribution in [2.24, 2.45) is 10.2 Å². The minimum absolute atomic E-state index is 0.0293. The Balaban J connectivity index is 1.99. The van der Waals surface area contributed by atoms with Crippen LogP contribution in [0.2, 0.25) is 5.02 Å². The van der Waals surface area contributed by atoms with Crippen molar-refractivity contribution in [2.75, 3.05) is 12.8 Å². The molecule has 33 heavy (non-hydrogen) atoms. The summed E-state index contributed by atoms with van der Waals surface area (Å²) in [4.78, 5) is 11.4. The molecular formula is C26H28ClN3O3.